The van der Waals surface area contributed by atoms with Crippen molar-refractivity contribution in [2.24, 2.45) is 20.5 Å². The zero-order valence-electron chi connectivity index (χ0n) is 31.5. The first-order chi connectivity index (χ1) is 29.4. The van der Waals surface area contributed by atoms with Crippen molar-refractivity contribution in [3.8, 4) is 0 Å². The first-order valence-electron chi connectivity index (χ1n) is 17.4. The van der Waals surface area contributed by atoms with Crippen LogP contribution in [-0.4, -0.2) is 47.3 Å². The molecule has 0 spiro atoms. The molecule has 14 nitrogen and oxygen atoms in total. The third-order valence-electron chi connectivity index (χ3n) is 8.24. The minimum atomic E-state index is -1.71. The molecule has 0 radical (unpaired) electrons. The predicted molar refractivity (Wildman–Crippen MR) is 243 cm³/mol. The molecule has 0 aliphatic carbocycles. The quantitative estimate of drug-likeness (QED) is 0.0630. The van der Waals surface area contributed by atoms with Gasteiger partial charge in [-0.05, 0) is 86.6 Å². The molecule has 0 fully saturated rings. The number of halogens is 8. The van der Waals surface area contributed by atoms with Crippen LogP contribution in [0.4, 0.5) is 34.1 Å². The number of hydrogen-bond acceptors (Lipinski definition) is 10. The summed E-state index contributed by atoms with van der Waals surface area (Å²) in [5, 5.41) is 26.1. The Morgan fingerprint density at radius 3 is 1.15 bits per heavy atom. The molecule has 0 saturated carbocycles. The van der Waals surface area contributed by atoms with Crippen molar-refractivity contribution in [1.82, 2.24) is 0 Å². The van der Waals surface area contributed by atoms with Crippen LogP contribution >= 0.6 is 92.8 Å². The van der Waals surface area contributed by atoms with Crippen molar-refractivity contribution < 1.29 is 28.8 Å². The number of ketones is 2. The van der Waals surface area contributed by atoms with E-state index in [9.17, 15) is 28.8 Å². The highest BCUT2D eigenvalue weighted by molar-refractivity contribution is 6.46. The van der Waals surface area contributed by atoms with Gasteiger partial charge in [0, 0.05) is 11.1 Å². The lowest BCUT2D eigenvalue weighted by Gasteiger charge is -2.15. The first kappa shape index (κ1) is 47.9. The lowest BCUT2D eigenvalue weighted by atomic mass is 10.1. The Balaban J connectivity index is 1.27. The SMILES string of the molecule is CC(=O)C(N=Nc1cc(C(=O)Nc2cccc(Cl)c2Cl)ccc1Cl)C(=O)Nc1ccc(NC(=O)C(N=Nc2cc(C(=O)Nc3cccc(Cl)c3Cl)ccc2Cl)C(C)=O)c(Cl)c1Cl. The van der Waals surface area contributed by atoms with Crippen LogP contribution < -0.4 is 21.3 Å². The number of nitrogens with zero attached hydrogens (tertiary/aromatic N) is 4. The zero-order valence-corrected chi connectivity index (χ0v) is 37.5. The van der Waals surface area contributed by atoms with Gasteiger partial charge < -0.3 is 21.3 Å². The van der Waals surface area contributed by atoms with Gasteiger partial charge >= 0.3 is 0 Å². The van der Waals surface area contributed by atoms with Crippen LogP contribution in [0, 0.1) is 0 Å². The largest absolute Gasteiger partial charge is 0.322 e. The molecule has 4 N–H and O–H groups in total. The zero-order chi connectivity index (χ0) is 45.4. The maximum Gasteiger partial charge on any atom is 0.258 e. The molecule has 0 saturated heterocycles. The topological polar surface area (TPSA) is 200 Å². The van der Waals surface area contributed by atoms with Crippen LogP contribution in [0.5, 0.6) is 0 Å². The van der Waals surface area contributed by atoms with E-state index in [4.69, 9.17) is 92.8 Å². The minimum absolute atomic E-state index is 0.0418. The van der Waals surface area contributed by atoms with Crippen LogP contribution in [0.1, 0.15) is 34.6 Å². The highest BCUT2D eigenvalue weighted by atomic mass is 35.5. The normalized spacial score (nSPS) is 12.2. The highest BCUT2D eigenvalue weighted by Crippen LogP contribution is 2.37. The Morgan fingerprint density at radius 2 is 0.790 bits per heavy atom. The van der Waals surface area contributed by atoms with Gasteiger partial charge in [-0.2, -0.15) is 20.5 Å². The minimum Gasteiger partial charge on any atom is -0.322 e. The molecule has 62 heavy (non-hydrogen) atoms. The summed E-state index contributed by atoms with van der Waals surface area (Å²) in [7, 11) is 0. The van der Waals surface area contributed by atoms with Crippen LogP contribution in [-0.2, 0) is 19.2 Å². The van der Waals surface area contributed by atoms with E-state index in [0.29, 0.717) is 0 Å². The molecule has 0 aromatic heterocycles. The summed E-state index contributed by atoms with van der Waals surface area (Å²) < 4.78 is 0. The van der Waals surface area contributed by atoms with E-state index in [1.165, 1.54) is 48.5 Å². The number of anilines is 4. The molecule has 2 unspecified atom stereocenters. The van der Waals surface area contributed by atoms with Gasteiger partial charge in [-0.1, -0.05) is 105 Å². The van der Waals surface area contributed by atoms with E-state index in [0.717, 1.165) is 13.8 Å². The van der Waals surface area contributed by atoms with Gasteiger partial charge in [-0.25, -0.2) is 0 Å². The van der Waals surface area contributed by atoms with Gasteiger partial charge in [0.15, 0.2) is 11.6 Å². The average Bonchev–Trinajstić information content (AvgIpc) is 3.22. The number of hydrogen-bond donors (Lipinski definition) is 4. The second-order valence-electron chi connectivity index (χ2n) is 12.7. The Bertz CT molecular complexity index is 2530. The summed E-state index contributed by atoms with van der Waals surface area (Å²) in [6.07, 6.45) is 0. The van der Waals surface area contributed by atoms with Gasteiger partial charge in [0.05, 0.1) is 62.9 Å². The lowest BCUT2D eigenvalue weighted by molar-refractivity contribution is -0.127. The molecule has 5 rings (SSSR count). The maximum absolute atomic E-state index is 13.3. The number of Topliss-reactive ketones (excluding diaryl/α,β-unsaturated/α-hetero) is 2. The molecule has 22 heteroatoms. The number of nitrogens with one attached hydrogen (secondary N) is 4. The molecule has 0 heterocycles. The van der Waals surface area contributed by atoms with Gasteiger partial charge in [-0.15, -0.1) is 0 Å². The van der Waals surface area contributed by atoms with Crippen molar-refractivity contribution >= 4 is 162 Å². The van der Waals surface area contributed by atoms with Gasteiger partial charge in [0.2, 0.25) is 12.1 Å². The van der Waals surface area contributed by atoms with Gasteiger partial charge in [0.25, 0.3) is 23.6 Å². The van der Waals surface area contributed by atoms with E-state index in [-0.39, 0.29) is 85.4 Å². The van der Waals surface area contributed by atoms with Gasteiger partial charge in [0.1, 0.15) is 11.4 Å². The van der Waals surface area contributed by atoms with Crippen molar-refractivity contribution in [2.45, 2.75) is 25.9 Å². The molecule has 0 aliphatic rings. The standard InChI is InChI=1S/C40H26Cl8N8O6/c1-17(57)35(55-53-29-15-19(9-11-21(29)41)37(59)49-25-7-3-5-23(43)31(25)45)39(61)51-27-13-14-28(34(48)33(27)47)52-40(62)36(18(2)58)56-54-30-16-20(10-12-22(30)42)38(60)50-26-8-4-6-24(44)32(26)46/h3-16,35-36H,1-2H3,(H,49,59)(H,50,60)(H,51,61)(H,52,62). The van der Waals surface area contributed by atoms with Crippen molar-refractivity contribution in [1.29, 1.82) is 0 Å². The molecule has 0 bridgehead atoms. The van der Waals surface area contributed by atoms with E-state index >= 15 is 0 Å². The van der Waals surface area contributed by atoms with Crippen LogP contribution in [0.25, 0.3) is 0 Å². The molecule has 5 aromatic rings. The summed E-state index contributed by atoms with van der Waals surface area (Å²) in [6.45, 7) is 2.19. The molecule has 0 aliphatic heterocycles. The summed E-state index contributed by atoms with van der Waals surface area (Å²) in [6, 6.07) is 16.6. The van der Waals surface area contributed by atoms with E-state index in [2.05, 4.69) is 41.7 Å². The monoisotopic (exact) mass is 994 g/mol. The molecule has 4 amide bonds. The Kier molecular flexibility index (Phi) is 16.4. The molecule has 5 aromatic carbocycles. The summed E-state index contributed by atoms with van der Waals surface area (Å²) >= 11 is 49.9. The second-order valence-corrected chi connectivity index (χ2v) is 15.8. The number of carbonyl (C=O) groups excluding carboxylic acids is 6. The molecular weight excluding hydrogens is 972 g/mol. The fraction of sp³-hybridized carbons (Fsp3) is 0.100. The molecule has 2 atom stereocenters. The smallest absolute Gasteiger partial charge is 0.258 e. The van der Waals surface area contributed by atoms with Crippen molar-refractivity contribution in [3.05, 3.63) is 136 Å². The fourth-order valence-electron chi connectivity index (χ4n) is 5.07. The van der Waals surface area contributed by atoms with Crippen LogP contribution in [0.15, 0.2) is 105 Å². The van der Waals surface area contributed by atoms with E-state index in [1.807, 2.05) is 0 Å². The van der Waals surface area contributed by atoms with Crippen molar-refractivity contribution in [2.75, 3.05) is 21.3 Å². The number of rotatable bonds is 14. The fourth-order valence-corrected chi connectivity index (χ4v) is 6.50. The maximum atomic E-state index is 13.3. The van der Waals surface area contributed by atoms with Gasteiger partial charge in [-0.3, -0.25) is 28.8 Å². The van der Waals surface area contributed by atoms with E-state index < -0.39 is 47.3 Å². The second kappa shape index (κ2) is 21.3. The van der Waals surface area contributed by atoms with Crippen LogP contribution in [0.2, 0.25) is 40.2 Å². The van der Waals surface area contributed by atoms with Crippen molar-refractivity contribution in [3.63, 3.8) is 0 Å². The van der Waals surface area contributed by atoms with Crippen LogP contribution in [0.3, 0.4) is 0 Å². The lowest BCUT2D eigenvalue weighted by Crippen LogP contribution is -2.32. The number of amides is 4. The van der Waals surface area contributed by atoms with E-state index in [1.54, 1.807) is 36.4 Å². The summed E-state index contributed by atoms with van der Waals surface area (Å²) in [5.74, 6) is -4.56. The number of azo groups is 2. The highest BCUT2D eigenvalue weighted by Gasteiger charge is 2.27. The third kappa shape index (κ3) is 11.8. The number of carbonyl (C=O) groups is 6. The Morgan fingerprint density at radius 1 is 0.435 bits per heavy atom. The summed E-state index contributed by atoms with van der Waals surface area (Å²) in [5.41, 5.74) is 0.430. The first-order valence-corrected chi connectivity index (χ1v) is 20.4. The summed E-state index contributed by atoms with van der Waals surface area (Å²) in [4.78, 5) is 77.6. The number of benzene rings is 5. The average molecular weight is 998 g/mol. The molecular formula is C40H26Cl8N8O6. The third-order valence-corrected chi connectivity index (χ3v) is 11.4. The Hall–Kier alpha value is -5.16. The predicted octanol–water partition coefficient (Wildman–Crippen LogP) is 12.8. The molecule has 318 valence electrons. The Labute approximate surface area is 392 Å².